The second-order valence-corrected chi connectivity index (χ2v) is 8.36. The van der Waals surface area contributed by atoms with E-state index in [0.717, 1.165) is 41.0 Å². The van der Waals surface area contributed by atoms with E-state index in [1.54, 1.807) is 39.5 Å². The van der Waals surface area contributed by atoms with Gasteiger partial charge in [0.15, 0.2) is 0 Å². The molecule has 1 aliphatic heterocycles. The maximum Gasteiger partial charge on any atom is 0.344 e. The standard InChI is InChI=1S/C28H27NO6/c1-31-20-9-11-25(33-3)21(15-20)22-14-19-8-10-26-23(27(19)35-28(22)30)16-29(17-34-26)13-12-18-6-4-5-7-24(18)32-2/h4-11,14-15H,12-13,16-17H2,1-3H3. The molecule has 7 nitrogen and oxygen atoms in total. The van der Waals surface area contributed by atoms with Crippen LogP contribution in [0.2, 0.25) is 0 Å². The van der Waals surface area contributed by atoms with Crippen molar-refractivity contribution in [3.8, 4) is 34.1 Å². The fourth-order valence-electron chi connectivity index (χ4n) is 4.48. The highest BCUT2D eigenvalue weighted by molar-refractivity contribution is 5.87. The third kappa shape index (κ3) is 4.42. The zero-order chi connectivity index (χ0) is 24.4. The van der Waals surface area contributed by atoms with Crippen LogP contribution >= 0.6 is 0 Å². The second-order valence-electron chi connectivity index (χ2n) is 8.36. The van der Waals surface area contributed by atoms with E-state index in [0.29, 0.717) is 41.5 Å². The summed E-state index contributed by atoms with van der Waals surface area (Å²) in [5.41, 5.74) is 3.15. The largest absolute Gasteiger partial charge is 0.497 e. The first-order chi connectivity index (χ1) is 17.1. The van der Waals surface area contributed by atoms with Crippen LogP contribution in [0.5, 0.6) is 23.0 Å². The molecule has 0 saturated carbocycles. The number of methoxy groups -OCH3 is 3. The van der Waals surface area contributed by atoms with E-state index in [1.807, 2.05) is 36.4 Å². The number of hydrogen-bond acceptors (Lipinski definition) is 7. The van der Waals surface area contributed by atoms with Gasteiger partial charge in [0.05, 0.1) is 32.5 Å². The van der Waals surface area contributed by atoms with Crippen molar-refractivity contribution >= 4 is 11.0 Å². The van der Waals surface area contributed by atoms with Crippen LogP contribution in [-0.4, -0.2) is 39.5 Å². The van der Waals surface area contributed by atoms with Crippen LogP contribution < -0.4 is 24.6 Å². The molecule has 0 fully saturated rings. The summed E-state index contributed by atoms with van der Waals surface area (Å²) in [5.74, 6) is 2.81. The van der Waals surface area contributed by atoms with Crippen molar-refractivity contribution in [3.63, 3.8) is 0 Å². The highest BCUT2D eigenvalue weighted by atomic mass is 16.5. The summed E-state index contributed by atoms with van der Waals surface area (Å²) in [6.45, 7) is 1.86. The number of para-hydroxylation sites is 1. The molecule has 0 spiro atoms. The maximum atomic E-state index is 13.1. The molecule has 1 aromatic heterocycles. The second kappa shape index (κ2) is 9.72. The fraction of sp³-hybridized carbons (Fsp3) is 0.250. The first-order valence-electron chi connectivity index (χ1n) is 11.4. The van der Waals surface area contributed by atoms with Gasteiger partial charge < -0.3 is 23.4 Å². The van der Waals surface area contributed by atoms with E-state index in [4.69, 9.17) is 23.4 Å². The number of ether oxygens (including phenoxy) is 4. The molecule has 180 valence electrons. The van der Waals surface area contributed by atoms with Crippen LogP contribution in [0.25, 0.3) is 22.1 Å². The molecule has 0 bridgehead atoms. The molecule has 4 aromatic rings. The molecule has 0 radical (unpaired) electrons. The van der Waals surface area contributed by atoms with Crippen LogP contribution in [0.15, 0.2) is 69.9 Å². The smallest absolute Gasteiger partial charge is 0.344 e. The van der Waals surface area contributed by atoms with E-state index < -0.39 is 5.63 Å². The summed E-state index contributed by atoms with van der Waals surface area (Å²) in [7, 11) is 4.84. The van der Waals surface area contributed by atoms with Gasteiger partial charge in [-0.25, -0.2) is 4.79 Å². The van der Waals surface area contributed by atoms with Gasteiger partial charge in [0, 0.05) is 24.0 Å². The van der Waals surface area contributed by atoms with Crippen molar-refractivity contribution in [1.82, 2.24) is 4.90 Å². The summed E-state index contributed by atoms with van der Waals surface area (Å²) in [4.78, 5) is 15.3. The average Bonchev–Trinajstić information content (AvgIpc) is 2.91. The van der Waals surface area contributed by atoms with Crippen LogP contribution in [0.1, 0.15) is 11.1 Å². The van der Waals surface area contributed by atoms with Crippen molar-refractivity contribution in [3.05, 3.63) is 82.2 Å². The Labute approximate surface area is 203 Å². The quantitative estimate of drug-likeness (QED) is 0.354. The van der Waals surface area contributed by atoms with Crippen LogP contribution in [0, 0.1) is 0 Å². The van der Waals surface area contributed by atoms with Crippen molar-refractivity contribution in [1.29, 1.82) is 0 Å². The van der Waals surface area contributed by atoms with Crippen LogP contribution in [0.3, 0.4) is 0 Å². The SMILES string of the molecule is COc1ccc(OC)c(-c2cc3ccc4c(c3oc2=O)CN(CCc2ccccc2OC)CO4)c1. The van der Waals surface area contributed by atoms with Gasteiger partial charge in [-0.3, -0.25) is 4.90 Å². The van der Waals surface area contributed by atoms with E-state index in [1.165, 1.54) is 0 Å². The minimum Gasteiger partial charge on any atom is -0.497 e. The summed E-state index contributed by atoms with van der Waals surface area (Å²) < 4.78 is 28.2. The maximum absolute atomic E-state index is 13.1. The minimum absolute atomic E-state index is 0.415. The third-order valence-corrected chi connectivity index (χ3v) is 6.33. The van der Waals surface area contributed by atoms with Crippen LogP contribution in [0.4, 0.5) is 0 Å². The molecule has 0 atom stereocenters. The Balaban J connectivity index is 1.47. The molecular formula is C28H27NO6. The molecular weight excluding hydrogens is 446 g/mol. The van der Waals surface area contributed by atoms with Crippen LogP contribution in [-0.2, 0) is 13.0 Å². The molecule has 0 saturated heterocycles. The summed E-state index contributed by atoms with van der Waals surface area (Å²) >= 11 is 0. The predicted octanol–water partition coefficient (Wildman–Crippen LogP) is 4.88. The average molecular weight is 474 g/mol. The zero-order valence-corrected chi connectivity index (χ0v) is 20.0. The number of nitrogens with zero attached hydrogens (tertiary/aromatic N) is 1. The van der Waals surface area contributed by atoms with E-state index in [-0.39, 0.29) is 0 Å². The highest BCUT2D eigenvalue weighted by Crippen LogP contribution is 2.36. The molecule has 0 amide bonds. The molecule has 7 heteroatoms. The first-order valence-corrected chi connectivity index (χ1v) is 11.4. The van der Waals surface area contributed by atoms with E-state index >= 15 is 0 Å². The number of rotatable bonds is 7. The Morgan fingerprint density at radius 3 is 2.51 bits per heavy atom. The molecule has 0 unspecified atom stereocenters. The normalized spacial score (nSPS) is 13.2. The van der Waals surface area contributed by atoms with Crippen molar-refractivity contribution in [2.75, 3.05) is 34.6 Å². The summed E-state index contributed by atoms with van der Waals surface area (Å²) in [5, 5.41) is 0.818. The summed E-state index contributed by atoms with van der Waals surface area (Å²) in [6.07, 6.45) is 0.817. The molecule has 0 aliphatic carbocycles. The molecule has 1 aliphatic rings. The number of benzene rings is 3. The molecule has 3 aromatic carbocycles. The molecule has 5 rings (SSSR count). The molecule has 0 N–H and O–H groups in total. The van der Waals surface area contributed by atoms with Gasteiger partial charge in [0.2, 0.25) is 0 Å². The predicted molar refractivity (Wildman–Crippen MR) is 134 cm³/mol. The van der Waals surface area contributed by atoms with Gasteiger partial charge in [0.25, 0.3) is 0 Å². The van der Waals surface area contributed by atoms with E-state index in [9.17, 15) is 4.79 Å². The Morgan fingerprint density at radius 1 is 0.886 bits per heavy atom. The lowest BCUT2D eigenvalue weighted by molar-refractivity contribution is 0.0966. The van der Waals surface area contributed by atoms with Gasteiger partial charge in [-0.15, -0.1) is 0 Å². The Morgan fingerprint density at radius 2 is 1.71 bits per heavy atom. The Bertz CT molecular complexity index is 1430. The highest BCUT2D eigenvalue weighted by Gasteiger charge is 2.23. The van der Waals surface area contributed by atoms with E-state index in [2.05, 4.69) is 11.0 Å². The van der Waals surface area contributed by atoms with Crippen molar-refractivity contribution < 1.29 is 23.4 Å². The van der Waals surface area contributed by atoms with Gasteiger partial charge >= 0.3 is 5.63 Å². The minimum atomic E-state index is -0.441. The monoisotopic (exact) mass is 473 g/mol. The lowest BCUT2D eigenvalue weighted by Crippen LogP contribution is -2.33. The van der Waals surface area contributed by atoms with Gasteiger partial charge in [-0.2, -0.15) is 0 Å². The first kappa shape index (κ1) is 22.8. The Hall–Kier alpha value is -3.97. The fourth-order valence-corrected chi connectivity index (χ4v) is 4.48. The third-order valence-electron chi connectivity index (χ3n) is 6.33. The lowest BCUT2D eigenvalue weighted by atomic mass is 10.0. The zero-order valence-electron chi connectivity index (χ0n) is 20.0. The van der Waals surface area contributed by atoms with Crippen molar-refractivity contribution in [2.45, 2.75) is 13.0 Å². The lowest BCUT2D eigenvalue weighted by Gasteiger charge is -2.29. The topological polar surface area (TPSA) is 70.4 Å². The van der Waals surface area contributed by atoms with Gasteiger partial charge in [0.1, 0.15) is 35.3 Å². The van der Waals surface area contributed by atoms with Gasteiger partial charge in [-0.1, -0.05) is 18.2 Å². The summed E-state index contributed by atoms with van der Waals surface area (Å²) in [6, 6.07) is 19.0. The van der Waals surface area contributed by atoms with Gasteiger partial charge in [-0.05, 0) is 54.4 Å². The molecule has 2 heterocycles. The number of fused-ring (bicyclic) bond motifs is 3. The Kier molecular flexibility index (Phi) is 6.33. The number of hydrogen-bond donors (Lipinski definition) is 0. The molecule has 35 heavy (non-hydrogen) atoms. The van der Waals surface area contributed by atoms with Crippen molar-refractivity contribution in [2.24, 2.45) is 0 Å².